The van der Waals surface area contributed by atoms with Gasteiger partial charge >= 0.3 is 0 Å². The van der Waals surface area contributed by atoms with Gasteiger partial charge in [-0.05, 0) is 93.2 Å². The predicted molar refractivity (Wildman–Crippen MR) is 243 cm³/mol. The van der Waals surface area contributed by atoms with Crippen molar-refractivity contribution in [2.45, 2.75) is 19.3 Å². The number of aromatic nitrogens is 1. The summed E-state index contributed by atoms with van der Waals surface area (Å²) in [5, 5.41) is 7.09. The third-order valence-electron chi connectivity index (χ3n) is 12.5. The van der Waals surface area contributed by atoms with Crippen molar-refractivity contribution in [3.8, 4) is 27.9 Å². The second-order valence-corrected chi connectivity index (χ2v) is 16.1. The molecule has 1 aliphatic rings. The van der Waals surface area contributed by atoms with Crippen LogP contribution in [-0.2, 0) is 5.41 Å². The van der Waals surface area contributed by atoms with Crippen LogP contribution >= 0.6 is 0 Å². The summed E-state index contributed by atoms with van der Waals surface area (Å²) in [6.07, 6.45) is 0. The highest BCUT2D eigenvalue weighted by atomic mass is 16.3. The molecule has 0 bridgehead atoms. The first-order valence-electron chi connectivity index (χ1n) is 20.1. The number of fused-ring (bicyclic) bond motifs is 10. The highest BCUT2D eigenvalue weighted by Gasteiger charge is 2.39. The molecule has 0 N–H and O–H groups in total. The summed E-state index contributed by atoms with van der Waals surface area (Å²) in [7, 11) is 0. The Morgan fingerprint density at radius 3 is 1.79 bits per heavy atom. The van der Waals surface area contributed by atoms with Gasteiger partial charge in [-0.1, -0.05) is 153 Å². The number of benzene rings is 9. The van der Waals surface area contributed by atoms with Crippen molar-refractivity contribution >= 4 is 71.6 Å². The highest BCUT2D eigenvalue weighted by molar-refractivity contribution is 6.17. The maximum absolute atomic E-state index is 6.65. The van der Waals surface area contributed by atoms with E-state index in [1.54, 1.807) is 0 Å². The van der Waals surface area contributed by atoms with E-state index in [9.17, 15) is 0 Å². The molecule has 0 unspecified atom stereocenters. The largest absolute Gasteiger partial charge is 0.456 e. The van der Waals surface area contributed by atoms with E-state index in [0.29, 0.717) is 0 Å². The lowest BCUT2D eigenvalue weighted by molar-refractivity contribution is 0.661. The minimum Gasteiger partial charge on any atom is -0.456 e. The second-order valence-electron chi connectivity index (χ2n) is 16.1. The lowest BCUT2D eigenvalue weighted by Gasteiger charge is -2.34. The molecule has 0 spiro atoms. The molecule has 58 heavy (non-hydrogen) atoms. The Bertz CT molecular complexity index is 3400. The Morgan fingerprint density at radius 1 is 0.431 bits per heavy atom. The first-order chi connectivity index (χ1) is 28.6. The predicted octanol–water partition coefficient (Wildman–Crippen LogP) is 15.3. The normalized spacial score (nSPS) is 13.1. The molecule has 2 aromatic heterocycles. The van der Waals surface area contributed by atoms with Crippen molar-refractivity contribution in [3.05, 3.63) is 205 Å². The summed E-state index contributed by atoms with van der Waals surface area (Å²) < 4.78 is 9.10. The molecule has 12 rings (SSSR count). The Labute approximate surface area is 336 Å². The molecule has 0 saturated carbocycles. The van der Waals surface area contributed by atoms with Gasteiger partial charge in [-0.25, -0.2) is 0 Å². The summed E-state index contributed by atoms with van der Waals surface area (Å²) in [5.74, 6) is 0. The molecule has 0 radical (unpaired) electrons. The first-order valence-corrected chi connectivity index (χ1v) is 20.1. The molecule has 0 atom stereocenters. The Hall–Kier alpha value is -7.36. The summed E-state index contributed by atoms with van der Waals surface area (Å²) >= 11 is 0. The van der Waals surface area contributed by atoms with E-state index in [-0.39, 0.29) is 5.41 Å². The van der Waals surface area contributed by atoms with Crippen LogP contribution in [0.5, 0.6) is 0 Å². The Morgan fingerprint density at radius 2 is 1.00 bits per heavy atom. The van der Waals surface area contributed by atoms with E-state index in [4.69, 9.17) is 4.42 Å². The minimum absolute atomic E-state index is 0.251. The number of anilines is 3. The molecule has 0 fully saturated rings. The van der Waals surface area contributed by atoms with Gasteiger partial charge in [0.05, 0.1) is 33.8 Å². The number of hydrogen-bond donors (Lipinski definition) is 0. The first kappa shape index (κ1) is 32.8. The van der Waals surface area contributed by atoms with E-state index in [1.807, 2.05) is 0 Å². The number of para-hydroxylation sites is 5. The van der Waals surface area contributed by atoms with Gasteiger partial charge in [-0.15, -0.1) is 0 Å². The average Bonchev–Trinajstić information content (AvgIpc) is 3.89. The van der Waals surface area contributed by atoms with Crippen LogP contribution in [0.15, 0.2) is 199 Å². The van der Waals surface area contributed by atoms with Crippen LogP contribution < -0.4 is 4.90 Å². The van der Waals surface area contributed by atoms with E-state index in [0.717, 1.165) is 55.8 Å². The maximum atomic E-state index is 6.65. The van der Waals surface area contributed by atoms with Gasteiger partial charge < -0.3 is 13.9 Å². The number of nitrogens with zero attached hydrogens (tertiary/aromatic N) is 2. The summed E-state index contributed by atoms with van der Waals surface area (Å²) in [4.78, 5) is 2.54. The van der Waals surface area contributed by atoms with Crippen molar-refractivity contribution < 1.29 is 4.42 Å². The van der Waals surface area contributed by atoms with Crippen molar-refractivity contribution in [3.63, 3.8) is 0 Å². The average molecular weight is 743 g/mol. The van der Waals surface area contributed by atoms with Crippen LogP contribution in [0.1, 0.15) is 25.0 Å². The zero-order valence-electron chi connectivity index (χ0n) is 32.3. The van der Waals surface area contributed by atoms with E-state index < -0.39 is 0 Å². The molecule has 9 aromatic carbocycles. The smallest absolute Gasteiger partial charge is 0.136 e. The van der Waals surface area contributed by atoms with Gasteiger partial charge in [0.2, 0.25) is 0 Å². The molecule has 0 amide bonds. The van der Waals surface area contributed by atoms with Crippen LogP contribution in [0.4, 0.5) is 17.1 Å². The lowest BCUT2D eigenvalue weighted by Crippen LogP contribution is -2.21. The fourth-order valence-electron chi connectivity index (χ4n) is 10.1. The molecule has 11 aromatic rings. The van der Waals surface area contributed by atoms with Gasteiger partial charge in [0.15, 0.2) is 0 Å². The summed E-state index contributed by atoms with van der Waals surface area (Å²) in [5.41, 5.74) is 15.9. The van der Waals surface area contributed by atoms with Crippen molar-refractivity contribution in [1.82, 2.24) is 4.57 Å². The van der Waals surface area contributed by atoms with Crippen molar-refractivity contribution in [2.24, 2.45) is 0 Å². The molecule has 1 aliphatic carbocycles. The molecule has 0 saturated heterocycles. The quantitative estimate of drug-likeness (QED) is 0.175. The van der Waals surface area contributed by atoms with Gasteiger partial charge in [-0.3, -0.25) is 0 Å². The SMILES string of the molecule is CC1(C)c2ccccc2-c2cccc(N(c3ccccc3-c3cccc4oc5cc6ccccc6cc5c34)c3ccccc3-n3c4ccccc4c4ccccc43)c21. The number of furan rings is 1. The van der Waals surface area contributed by atoms with Gasteiger partial charge in [0.1, 0.15) is 11.2 Å². The molecule has 3 nitrogen and oxygen atoms in total. The zero-order valence-corrected chi connectivity index (χ0v) is 32.3. The van der Waals surface area contributed by atoms with Crippen LogP contribution in [-0.4, -0.2) is 4.57 Å². The fraction of sp³-hybridized carbons (Fsp3) is 0.0545. The third kappa shape index (κ3) is 4.62. The minimum atomic E-state index is -0.251. The van der Waals surface area contributed by atoms with Crippen LogP contribution in [0, 0.1) is 0 Å². The van der Waals surface area contributed by atoms with Crippen LogP contribution in [0.3, 0.4) is 0 Å². The maximum Gasteiger partial charge on any atom is 0.136 e. The van der Waals surface area contributed by atoms with Crippen molar-refractivity contribution in [1.29, 1.82) is 0 Å². The molecule has 274 valence electrons. The summed E-state index contributed by atoms with van der Waals surface area (Å²) in [6, 6.07) is 70.7. The molecular formula is C55H38N2O. The fourth-order valence-corrected chi connectivity index (χ4v) is 10.1. The zero-order chi connectivity index (χ0) is 38.5. The van der Waals surface area contributed by atoms with Gasteiger partial charge in [-0.2, -0.15) is 0 Å². The topological polar surface area (TPSA) is 21.3 Å². The van der Waals surface area contributed by atoms with Gasteiger partial charge in [0, 0.05) is 32.5 Å². The molecule has 3 heteroatoms. The van der Waals surface area contributed by atoms with E-state index in [1.165, 1.54) is 54.8 Å². The van der Waals surface area contributed by atoms with Crippen LogP contribution in [0.25, 0.3) is 82.5 Å². The van der Waals surface area contributed by atoms with Crippen molar-refractivity contribution in [2.75, 3.05) is 4.90 Å². The second kappa shape index (κ2) is 12.3. The molecule has 0 aliphatic heterocycles. The standard InChI is InChI=1S/C55H38N2O/c1-55(2)44-25-9-5-19-37(44)42-24-15-31-50(54(42)55)57(49-30-14-13-29-48(49)56-45-26-10-6-20-38(45)39-21-7-11-27-46(39)56)47-28-12-8-22-40(47)41-23-16-32-51-53(41)43-33-35-17-3-4-18-36(35)34-52(43)58-51/h3-34H,1-2H3. The molecular weight excluding hydrogens is 705 g/mol. The van der Waals surface area contributed by atoms with Crippen LogP contribution in [0.2, 0.25) is 0 Å². The Balaban J connectivity index is 1.19. The van der Waals surface area contributed by atoms with E-state index in [2.05, 4.69) is 217 Å². The highest BCUT2D eigenvalue weighted by Crippen LogP contribution is 2.56. The third-order valence-corrected chi connectivity index (χ3v) is 12.5. The lowest BCUT2D eigenvalue weighted by atomic mass is 9.81. The van der Waals surface area contributed by atoms with E-state index >= 15 is 0 Å². The number of hydrogen-bond acceptors (Lipinski definition) is 2. The molecule has 2 heterocycles. The van der Waals surface area contributed by atoms with Gasteiger partial charge in [0.25, 0.3) is 0 Å². The number of rotatable bonds is 5. The monoisotopic (exact) mass is 742 g/mol. The summed E-state index contributed by atoms with van der Waals surface area (Å²) in [6.45, 7) is 4.76. The Kier molecular flexibility index (Phi) is 6.98.